The van der Waals surface area contributed by atoms with Crippen LogP contribution in [0.2, 0.25) is 5.02 Å². The summed E-state index contributed by atoms with van der Waals surface area (Å²) in [5, 5.41) is 4.17. The lowest BCUT2D eigenvalue weighted by Crippen LogP contribution is -2.18. The summed E-state index contributed by atoms with van der Waals surface area (Å²) in [5.41, 5.74) is 2.14. The molecule has 3 nitrogen and oxygen atoms in total. The van der Waals surface area contributed by atoms with Gasteiger partial charge in [0.05, 0.1) is 14.2 Å². The fourth-order valence-electron chi connectivity index (χ4n) is 2.19. The summed E-state index contributed by atoms with van der Waals surface area (Å²) in [6, 6.07) is 13.9. The van der Waals surface area contributed by atoms with Crippen molar-refractivity contribution in [2.45, 2.75) is 19.5 Å². The molecule has 0 aliphatic heterocycles. The van der Waals surface area contributed by atoms with Crippen LogP contribution in [0, 0.1) is 0 Å². The third-order valence-electron chi connectivity index (χ3n) is 3.47. The molecule has 112 valence electrons. The number of halogens is 1. The SMILES string of the molecule is COc1cccc([C@H](C)NCc2c(Cl)cccc2OC)c1. The largest absolute Gasteiger partial charge is 0.497 e. The average molecular weight is 306 g/mol. The second-order valence-electron chi connectivity index (χ2n) is 4.80. The van der Waals surface area contributed by atoms with Crippen molar-refractivity contribution in [2.24, 2.45) is 0 Å². The van der Waals surface area contributed by atoms with E-state index in [9.17, 15) is 0 Å². The van der Waals surface area contributed by atoms with E-state index < -0.39 is 0 Å². The Kier molecular flexibility index (Phi) is 5.48. The van der Waals surface area contributed by atoms with E-state index in [-0.39, 0.29) is 6.04 Å². The lowest BCUT2D eigenvalue weighted by atomic mass is 10.1. The third kappa shape index (κ3) is 3.90. The van der Waals surface area contributed by atoms with Gasteiger partial charge >= 0.3 is 0 Å². The van der Waals surface area contributed by atoms with E-state index in [2.05, 4.69) is 18.3 Å². The lowest BCUT2D eigenvalue weighted by Gasteiger charge is -2.17. The van der Waals surface area contributed by atoms with Gasteiger partial charge in [-0.05, 0) is 36.8 Å². The zero-order chi connectivity index (χ0) is 15.2. The van der Waals surface area contributed by atoms with Gasteiger partial charge in [0.25, 0.3) is 0 Å². The van der Waals surface area contributed by atoms with Crippen molar-refractivity contribution in [1.29, 1.82) is 0 Å². The molecule has 0 fully saturated rings. The molecule has 0 amide bonds. The van der Waals surface area contributed by atoms with Crippen LogP contribution in [0.3, 0.4) is 0 Å². The number of hydrogen-bond donors (Lipinski definition) is 1. The molecule has 0 heterocycles. The molecule has 0 spiro atoms. The number of benzene rings is 2. The molecule has 2 aromatic rings. The molecule has 0 aliphatic carbocycles. The average Bonchev–Trinajstić information content (AvgIpc) is 2.53. The lowest BCUT2D eigenvalue weighted by molar-refractivity contribution is 0.405. The summed E-state index contributed by atoms with van der Waals surface area (Å²) < 4.78 is 10.6. The summed E-state index contributed by atoms with van der Waals surface area (Å²) >= 11 is 6.25. The van der Waals surface area contributed by atoms with Gasteiger partial charge in [0.1, 0.15) is 11.5 Å². The number of rotatable bonds is 6. The molecule has 4 heteroatoms. The van der Waals surface area contributed by atoms with Crippen molar-refractivity contribution in [2.75, 3.05) is 14.2 Å². The quantitative estimate of drug-likeness (QED) is 0.867. The Morgan fingerprint density at radius 2 is 1.86 bits per heavy atom. The molecule has 0 saturated heterocycles. The van der Waals surface area contributed by atoms with Gasteiger partial charge in [-0.3, -0.25) is 0 Å². The first-order valence-corrected chi connectivity index (χ1v) is 7.22. The van der Waals surface area contributed by atoms with Crippen LogP contribution in [-0.2, 0) is 6.54 Å². The van der Waals surface area contributed by atoms with Crippen molar-refractivity contribution in [3.05, 3.63) is 58.6 Å². The second kappa shape index (κ2) is 7.34. The van der Waals surface area contributed by atoms with Crippen LogP contribution in [0.1, 0.15) is 24.1 Å². The van der Waals surface area contributed by atoms with Gasteiger partial charge in [-0.15, -0.1) is 0 Å². The minimum atomic E-state index is 0.182. The number of hydrogen-bond acceptors (Lipinski definition) is 3. The Morgan fingerprint density at radius 3 is 2.57 bits per heavy atom. The van der Waals surface area contributed by atoms with Gasteiger partial charge in [-0.25, -0.2) is 0 Å². The van der Waals surface area contributed by atoms with Crippen LogP contribution in [0.25, 0.3) is 0 Å². The molecule has 0 aliphatic rings. The topological polar surface area (TPSA) is 30.5 Å². The van der Waals surface area contributed by atoms with Crippen LogP contribution in [0.15, 0.2) is 42.5 Å². The van der Waals surface area contributed by atoms with Gasteiger partial charge < -0.3 is 14.8 Å². The van der Waals surface area contributed by atoms with Crippen LogP contribution in [0.5, 0.6) is 11.5 Å². The Hall–Kier alpha value is -1.71. The van der Waals surface area contributed by atoms with Crippen molar-refractivity contribution < 1.29 is 9.47 Å². The smallest absolute Gasteiger partial charge is 0.124 e. The van der Waals surface area contributed by atoms with E-state index in [0.717, 1.165) is 17.1 Å². The van der Waals surface area contributed by atoms with E-state index in [1.54, 1.807) is 14.2 Å². The van der Waals surface area contributed by atoms with Crippen LogP contribution < -0.4 is 14.8 Å². The maximum atomic E-state index is 6.25. The van der Waals surface area contributed by atoms with Gasteiger partial charge in [0.2, 0.25) is 0 Å². The standard InChI is InChI=1S/C17H20ClNO2/c1-12(13-6-4-7-14(10-13)20-2)19-11-15-16(18)8-5-9-17(15)21-3/h4-10,12,19H,11H2,1-3H3/t12-/m0/s1. The predicted molar refractivity (Wildman–Crippen MR) is 86.3 cm³/mol. The first kappa shape index (κ1) is 15.7. The zero-order valence-corrected chi connectivity index (χ0v) is 13.3. The Balaban J connectivity index is 2.09. The van der Waals surface area contributed by atoms with Crippen molar-refractivity contribution in [1.82, 2.24) is 5.32 Å². The molecular formula is C17H20ClNO2. The summed E-state index contributed by atoms with van der Waals surface area (Å²) in [6.07, 6.45) is 0. The second-order valence-corrected chi connectivity index (χ2v) is 5.21. The van der Waals surface area contributed by atoms with Gasteiger partial charge in [-0.2, -0.15) is 0 Å². The monoisotopic (exact) mass is 305 g/mol. The fraction of sp³-hybridized carbons (Fsp3) is 0.294. The van der Waals surface area contributed by atoms with E-state index in [0.29, 0.717) is 11.6 Å². The molecule has 1 atom stereocenters. The van der Waals surface area contributed by atoms with Gasteiger partial charge in [0.15, 0.2) is 0 Å². The summed E-state index contributed by atoms with van der Waals surface area (Å²) in [7, 11) is 3.33. The minimum Gasteiger partial charge on any atom is -0.497 e. The molecule has 21 heavy (non-hydrogen) atoms. The van der Waals surface area contributed by atoms with Gasteiger partial charge in [-0.1, -0.05) is 29.8 Å². The van der Waals surface area contributed by atoms with E-state index >= 15 is 0 Å². The Labute approximate surface area is 130 Å². The molecule has 1 N–H and O–H groups in total. The molecule has 0 radical (unpaired) electrons. The van der Waals surface area contributed by atoms with Crippen molar-refractivity contribution in [3.8, 4) is 11.5 Å². The molecule has 0 unspecified atom stereocenters. The van der Waals surface area contributed by atoms with Crippen LogP contribution >= 0.6 is 11.6 Å². The van der Waals surface area contributed by atoms with Crippen molar-refractivity contribution >= 4 is 11.6 Å². The first-order valence-electron chi connectivity index (χ1n) is 6.84. The molecular weight excluding hydrogens is 286 g/mol. The highest BCUT2D eigenvalue weighted by molar-refractivity contribution is 6.31. The highest BCUT2D eigenvalue weighted by Gasteiger charge is 2.10. The molecule has 0 saturated carbocycles. The third-order valence-corrected chi connectivity index (χ3v) is 3.83. The Bertz CT molecular complexity index is 601. The Morgan fingerprint density at radius 1 is 1.10 bits per heavy atom. The van der Waals surface area contributed by atoms with E-state index in [1.165, 1.54) is 5.56 Å². The minimum absolute atomic E-state index is 0.182. The van der Waals surface area contributed by atoms with Crippen molar-refractivity contribution in [3.63, 3.8) is 0 Å². The molecule has 0 aromatic heterocycles. The maximum Gasteiger partial charge on any atom is 0.124 e. The van der Waals surface area contributed by atoms with E-state index in [1.807, 2.05) is 36.4 Å². The number of nitrogens with one attached hydrogen (secondary N) is 1. The highest BCUT2D eigenvalue weighted by Crippen LogP contribution is 2.27. The fourth-order valence-corrected chi connectivity index (χ4v) is 2.42. The van der Waals surface area contributed by atoms with Crippen LogP contribution in [0.4, 0.5) is 0 Å². The maximum absolute atomic E-state index is 6.25. The van der Waals surface area contributed by atoms with Gasteiger partial charge in [0, 0.05) is 23.2 Å². The highest BCUT2D eigenvalue weighted by atomic mass is 35.5. The normalized spacial score (nSPS) is 12.0. The first-order chi connectivity index (χ1) is 10.2. The zero-order valence-electron chi connectivity index (χ0n) is 12.5. The molecule has 2 rings (SSSR count). The number of ether oxygens (including phenoxy) is 2. The molecule has 0 bridgehead atoms. The summed E-state index contributed by atoms with van der Waals surface area (Å²) in [6.45, 7) is 2.75. The number of methoxy groups -OCH3 is 2. The van der Waals surface area contributed by atoms with Crippen LogP contribution in [-0.4, -0.2) is 14.2 Å². The summed E-state index contributed by atoms with van der Waals surface area (Å²) in [5.74, 6) is 1.66. The van der Waals surface area contributed by atoms with E-state index in [4.69, 9.17) is 21.1 Å². The predicted octanol–water partition coefficient (Wildman–Crippen LogP) is 4.21. The summed E-state index contributed by atoms with van der Waals surface area (Å²) in [4.78, 5) is 0. The molecule has 2 aromatic carbocycles.